The number of piperidine rings is 1. The molecule has 1 fully saturated rings. The van der Waals surface area contributed by atoms with Crippen molar-refractivity contribution in [3.63, 3.8) is 0 Å². The molecule has 0 aromatic carbocycles. The summed E-state index contributed by atoms with van der Waals surface area (Å²) >= 11 is 5.00. The minimum atomic E-state index is -0.842. The van der Waals surface area contributed by atoms with Gasteiger partial charge in [-0.1, -0.05) is 18.6 Å². The smallest absolute Gasteiger partial charge is 0.318 e. The van der Waals surface area contributed by atoms with Crippen LogP contribution in [0.25, 0.3) is 0 Å². The summed E-state index contributed by atoms with van der Waals surface area (Å²) in [6.07, 6.45) is 2.89. The molecule has 3 amide bonds. The van der Waals surface area contributed by atoms with Gasteiger partial charge in [-0.2, -0.15) is 0 Å². The first-order chi connectivity index (χ1) is 7.93. The lowest BCUT2D eigenvalue weighted by Crippen LogP contribution is -2.56. The summed E-state index contributed by atoms with van der Waals surface area (Å²) in [7, 11) is 0. The van der Waals surface area contributed by atoms with Gasteiger partial charge in [0, 0.05) is 0 Å². The Bertz CT molecular complexity index is 334. The maximum atomic E-state index is 11.7. The fourth-order valence-corrected chi connectivity index (χ4v) is 2.35. The zero-order valence-electron chi connectivity index (χ0n) is 9.81. The lowest BCUT2D eigenvalue weighted by Gasteiger charge is -2.38. The molecule has 2 atom stereocenters. The fourth-order valence-electron chi connectivity index (χ4n) is 2.10. The number of nitrogens with one attached hydrogen (secondary N) is 1. The molecule has 0 spiro atoms. The molecule has 1 aliphatic rings. The van der Waals surface area contributed by atoms with Crippen molar-refractivity contribution < 1.29 is 9.59 Å². The highest BCUT2D eigenvalue weighted by Crippen LogP contribution is 2.19. The standard InChI is InChI=1S/C10H18N4O2S/c1-6(9(15)13-10(12)16)14-5-3-2-4-7(14)8(11)17/h6-7H,2-5H2,1H3,(H2,11,17)(H3,12,13,15,16). The van der Waals surface area contributed by atoms with E-state index in [1.807, 2.05) is 4.90 Å². The van der Waals surface area contributed by atoms with Gasteiger partial charge in [0.25, 0.3) is 0 Å². The van der Waals surface area contributed by atoms with Crippen molar-refractivity contribution in [3.05, 3.63) is 0 Å². The third-order valence-corrected chi connectivity index (χ3v) is 3.27. The van der Waals surface area contributed by atoms with E-state index in [9.17, 15) is 9.59 Å². The Labute approximate surface area is 106 Å². The van der Waals surface area contributed by atoms with Crippen molar-refractivity contribution in [2.75, 3.05) is 6.54 Å². The van der Waals surface area contributed by atoms with Gasteiger partial charge in [-0.3, -0.25) is 15.0 Å². The van der Waals surface area contributed by atoms with Crippen molar-refractivity contribution in [3.8, 4) is 0 Å². The number of primary amides is 1. The topological polar surface area (TPSA) is 101 Å². The number of imide groups is 1. The zero-order valence-corrected chi connectivity index (χ0v) is 10.6. The molecule has 0 aromatic rings. The quantitative estimate of drug-likeness (QED) is 0.604. The molecule has 5 N–H and O–H groups in total. The lowest BCUT2D eigenvalue weighted by atomic mass is 10.00. The number of rotatable bonds is 3. The Morgan fingerprint density at radius 3 is 2.59 bits per heavy atom. The Hall–Kier alpha value is -1.21. The molecule has 0 bridgehead atoms. The van der Waals surface area contributed by atoms with Gasteiger partial charge in [0.1, 0.15) is 0 Å². The maximum Gasteiger partial charge on any atom is 0.318 e. The number of hydrogen-bond acceptors (Lipinski definition) is 4. The van der Waals surface area contributed by atoms with Crippen LogP contribution in [0.5, 0.6) is 0 Å². The predicted octanol–water partition coefficient (Wildman–Crippen LogP) is -0.290. The van der Waals surface area contributed by atoms with Gasteiger partial charge < -0.3 is 11.5 Å². The van der Waals surface area contributed by atoms with Crippen LogP contribution in [0.2, 0.25) is 0 Å². The van der Waals surface area contributed by atoms with E-state index in [0.29, 0.717) is 4.99 Å². The highest BCUT2D eigenvalue weighted by molar-refractivity contribution is 7.80. The summed E-state index contributed by atoms with van der Waals surface area (Å²) < 4.78 is 0. The first kappa shape index (κ1) is 13.9. The Balaban J connectivity index is 2.70. The second-order valence-corrected chi connectivity index (χ2v) is 4.65. The second kappa shape index (κ2) is 5.92. The maximum absolute atomic E-state index is 11.7. The number of hydrogen-bond donors (Lipinski definition) is 3. The van der Waals surface area contributed by atoms with Crippen LogP contribution in [0.3, 0.4) is 0 Å². The summed E-state index contributed by atoms with van der Waals surface area (Å²) in [4.78, 5) is 24.6. The molecule has 17 heavy (non-hydrogen) atoms. The van der Waals surface area contributed by atoms with E-state index in [4.69, 9.17) is 23.7 Å². The van der Waals surface area contributed by atoms with E-state index in [1.165, 1.54) is 0 Å². The number of carbonyl (C=O) groups is 2. The van der Waals surface area contributed by atoms with Crippen LogP contribution in [0.15, 0.2) is 0 Å². The minimum Gasteiger partial charge on any atom is -0.392 e. The van der Waals surface area contributed by atoms with Crippen molar-refractivity contribution in [1.29, 1.82) is 0 Å². The molecule has 0 saturated carbocycles. The van der Waals surface area contributed by atoms with Gasteiger partial charge in [0.2, 0.25) is 5.91 Å². The SMILES string of the molecule is CC(C(=O)NC(N)=O)N1CCCCC1C(N)=S. The minimum absolute atomic E-state index is 0.0765. The molecule has 1 rings (SSSR count). The van der Waals surface area contributed by atoms with Crippen molar-refractivity contribution in [2.45, 2.75) is 38.3 Å². The van der Waals surface area contributed by atoms with Crippen molar-refractivity contribution in [2.24, 2.45) is 11.5 Å². The summed E-state index contributed by atoms with van der Waals surface area (Å²) in [6, 6.07) is -1.38. The number of nitrogens with zero attached hydrogens (tertiary/aromatic N) is 1. The van der Waals surface area contributed by atoms with Crippen LogP contribution in [0.1, 0.15) is 26.2 Å². The molecule has 0 aliphatic carbocycles. The van der Waals surface area contributed by atoms with Gasteiger partial charge in [-0.05, 0) is 26.3 Å². The molecule has 96 valence electrons. The van der Waals surface area contributed by atoms with Crippen LogP contribution < -0.4 is 16.8 Å². The van der Waals surface area contributed by atoms with Crippen LogP contribution >= 0.6 is 12.2 Å². The van der Waals surface area contributed by atoms with Crippen molar-refractivity contribution in [1.82, 2.24) is 10.2 Å². The normalized spacial score (nSPS) is 22.8. The van der Waals surface area contributed by atoms with Gasteiger partial charge in [0.05, 0.1) is 17.1 Å². The average molecular weight is 258 g/mol. The van der Waals surface area contributed by atoms with E-state index in [1.54, 1.807) is 6.92 Å². The number of likely N-dealkylation sites (tertiary alicyclic amines) is 1. The number of amides is 3. The zero-order chi connectivity index (χ0) is 13.0. The molecular formula is C10H18N4O2S. The number of urea groups is 1. The third-order valence-electron chi connectivity index (χ3n) is 3.00. The fraction of sp³-hybridized carbons (Fsp3) is 0.700. The molecule has 7 heteroatoms. The number of carbonyl (C=O) groups excluding carboxylic acids is 2. The first-order valence-corrected chi connectivity index (χ1v) is 5.99. The molecular weight excluding hydrogens is 240 g/mol. The highest BCUT2D eigenvalue weighted by atomic mass is 32.1. The number of nitrogens with two attached hydrogens (primary N) is 2. The Kier molecular flexibility index (Phi) is 4.83. The van der Waals surface area contributed by atoms with Crippen LogP contribution in [-0.2, 0) is 4.79 Å². The van der Waals surface area contributed by atoms with Crippen LogP contribution in [0.4, 0.5) is 4.79 Å². The molecule has 1 saturated heterocycles. The molecule has 0 aromatic heterocycles. The summed E-state index contributed by atoms with van der Waals surface area (Å²) in [5.74, 6) is -0.416. The Morgan fingerprint density at radius 1 is 1.41 bits per heavy atom. The van der Waals surface area contributed by atoms with E-state index < -0.39 is 18.0 Å². The van der Waals surface area contributed by atoms with Gasteiger partial charge in [-0.25, -0.2) is 4.79 Å². The van der Waals surface area contributed by atoms with Crippen LogP contribution in [0, 0.1) is 0 Å². The monoisotopic (exact) mass is 258 g/mol. The summed E-state index contributed by atoms with van der Waals surface area (Å²) in [5, 5.41) is 2.07. The number of thiocarbonyl (C=S) groups is 1. The molecule has 2 unspecified atom stereocenters. The van der Waals surface area contributed by atoms with Gasteiger partial charge in [-0.15, -0.1) is 0 Å². The lowest BCUT2D eigenvalue weighted by molar-refractivity contribution is -0.125. The Morgan fingerprint density at radius 2 is 2.06 bits per heavy atom. The molecule has 1 aliphatic heterocycles. The molecule has 6 nitrogen and oxygen atoms in total. The van der Waals surface area contributed by atoms with Gasteiger partial charge in [0.15, 0.2) is 0 Å². The third kappa shape index (κ3) is 3.64. The molecule has 0 radical (unpaired) electrons. The van der Waals surface area contributed by atoms with E-state index in [-0.39, 0.29) is 6.04 Å². The highest BCUT2D eigenvalue weighted by Gasteiger charge is 2.32. The average Bonchev–Trinajstić information content (AvgIpc) is 2.27. The second-order valence-electron chi connectivity index (χ2n) is 4.18. The van der Waals surface area contributed by atoms with Gasteiger partial charge >= 0.3 is 6.03 Å². The van der Waals surface area contributed by atoms with Crippen LogP contribution in [-0.4, -0.2) is 40.5 Å². The van der Waals surface area contributed by atoms with E-state index in [0.717, 1.165) is 25.8 Å². The van der Waals surface area contributed by atoms with E-state index in [2.05, 4.69) is 5.32 Å². The molecule has 1 heterocycles. The summed E-state index contributed by atoms with van der Waals surface area (Å²) in [6.45, 7) is 2.46. The van der Waals surface area contributed by atoms with Crippen molar-refractivity contribution >= 4 is 29.1 Å². The predicted molar refractivity (Wildman–Crippen MR) is 68.3 cm³/mol. The summed E-state index contributed by atoms with van der Waals surface area (Å²) in [5.41, 5.74) is 10.6. The van der Waals surface area contributed by atoms with E-state index >= 15 is 0 Å². The first-order valence-electron chi connectivity index (χ1n) is 5.59. The largest absolute Gasteiger partial charge is 0.392 e.